The molecule has 4 rings (SSSR count). The average Bonchev–Trinajstić information content (AvgIpc) is 3.24. The lowest BCUT2D eigenvalue weighted by molar-refractivity contribution is -0.145. The maximum Gasteiger partial charge on any atom is 0.242 e. The maximum atomic E-state index is 13.5. The topological polar surface area (TPSA) is 57.0 Å². The van der Waals surface area contributed by atoms with E-state index in [4.69, 9.17) is 4.42 Å². The van der Waals surface area contributed by atoms with E-state index < -0.39 is 0 Å². The Labute approximate surface area is 203 Å². The third kappa shape index (κ3) is 6.95. The highest BCUT2D eigenvalue weighted by Gasteiger charge is 2.31. The van der Waals surface area contributed by atoms with Gasteiger partial charge in [-0.3, -0.25) is 9.59 Å². The van der Waals surface area contributed by atoms with Crippen molar-refractivity contribution < 1.29 is 14.0 Å². The second-order valence-electron chi connectivity index (χ2n) is 9.85. The van der Waals surface area contributed by atoms with Crippen molar-refractivity contribution in [3.05, 3.63) is 59.5 Å². The minimum atomic E-state index is -0.00342. The van der Waals surface area contributed by atoms with Crippen LogP contribution in [-0.2, 0) is 22.6 Å². The lowest BCUT2D eigenvalue weighted by atomic mass is 9.84. The maximum absolute atomic E-state index is 13.5. The molecule has 2 aromatic rings. The molecule has 2 fully saturated rings. The number of benzene rings is 1. The molecule has 1 aliphatic heterocycles. The fraction of sp³-hybridized carbons (Fsp3) is 0.571. The van der Waals surface area contributed by atoms with E-state index in [1.54, 1.807) is 0 Å². The Hall–Kier alpha value is -2.60. The number of hydrogen-bond donors (Lipinski definition) is 0. The summed E-state index contributed by atoms with van der Waals surface area (Å²) in [4.78, 5) is 32.9. The Kier molecular flexibility index (Phi) is 8.80. The van der Waals surface area contributed by atoms with Crippen LogP contribution in [0.5, 0.6) is 0 Å². The third-order valence-electron chi connectivity index (χ3n) is 7.24. The van der Waals surface area contributed by atoms with Gasteiger partial charge in [-0.1, -0.05) is 43.2 Å². The monoisotopic (exact) mass is 465 g/mol. The SMILES string of the molecule is Cc1ccc(CN(CCc2ccccc2)C(=O)CN(CCN2CCCCC2)C(=O)C2CCC2)o1. The molecular weight excluding hydrogens is 426 g/mol. The van der Waals surface area contributed by atoms with Crippen LogP contribution in [0.4, 0.5) is 0 Å². The minimum absolute atomic E-state index is 0.00342. The molecule has 0 atom stereocenters. The smallest absolute Gasteiger partial charge is 0.242 e. The molecule has 184 valence electrons. The zero-order valence-electron chi connectivity index (χ0n) is 20.6. The van der Waals surface area contributed by atoms with Gasteiger partial charge < -0.3 is 19.1 Å². The molecule has 1 saturated carbocycles. The van der Waals surface area contributed by atoms with Crippen LogP contribution in [0.2, 0.25) is 0 Å². The molecule has 2 aliphatic rings. The van der Waals surface area contributed by atoms with Crippen molar-refractivity contribution in [1.29, 1.82) is 0 Å². The highest BCUT2D eigenvalue weighted by Crippen LogP contribution is 2.28. The van der Waals surface area contributed by atoms with Gasteiger partial charge in [0.25, 0.3) is 0 Å². The van der Waals surface area contributed by atoms with Crippen LogP contribution < -0.4 is 0 Å². The fourth-order valence-electron chi connectivity index (χ4n) is 4.85. The number of carbonyl (C=O) groups is 2. The van der Waals surface area contributed by atoms with E-state index in [2.05, 4.69) is 17.0 Å². The zero-order chi connectivity index (χ0) is 23.8. The van der Waals surface area contributed by atoms with Gasteiger partial charge in [-0.15, -0.1) is 0 Å². The normalized spacial score (nSPS) is 16.7. The molecule has 1 aromatic carbocycles. The van der Waals surface area contributed by atoms with Crippen LogP contribution in [-0.4, -0.2) is 65.8 Å². The van der Waals surface area contributed by atoms with Gasteiger partial charge in [0.1, 0.15) is 11.5 Å². The number of rotatable bonds is 11. The number of hydrogen-bond acceptors (Lipinski definition) is 4. The van der Waals surface area contributed by atoms with Crippen molar-refractivity contribution in [2.45, 2.75) is 58.4 Å². The first kappa shape index (κ1) is 24.5. The molecule has 0 unspecified atom stereocenters. The molecule has 34 heavy (non-hydrogen) atoms. The Bertz CT molecular complexity index is 916. The standard InChI is InChI=1S/C28H39N3O3/c1-23-13-14-26(34-23)21-30(18-15-24-9-4-2-5-10-24)27(32)22-31(28(33)25-11-8-12-25)20-19-29-16-6-3-7-17-29/h2,4-5,9-10,13-14,25H,3,6-8,11-12,15-22H2,1H3. The van der Waals surface area contributed by atoms with E-state index in [0.717, 1.165) is 56.8 Å². The zero-order valence-corrected chi connectivity index (χ0v) is 20.6. The average molecular weight is 466 g/mol. The van der Waals surface area contributed by atoms with Gasteiger partial charge in [0.2, 0.25) is 11.8 Å². The lowest BCUT2D eigenvalue weighted by Gasteiger charge is -2.35. The lowest BCUT2D eigenvalue weighted by Crippen LogP contribution is -2.49. The number of carbonyl (C=O) groups excluding carboxylic acids is 2. The number of likely N-dealkylation sites (tertiary alicyclic amines) is 1. The third-order valence-corrected chi connectivity index (χ3v) is 7.24. The van der Waals surface area contributed by atoms with Crippen molar-refractivity contribution in [1.82, 2.24) is 14.7 Å². The van der Waals surface area contributed by atoms with Crippen LogP contribution in [0, 0.1) is 12.8 Å². The molecule has 1 saturated heterocycles. The van der Waals surface area contributed by atoms with Crippen molar-refractivity contribution in [2.75, 3.05) is 39.3 Å². The fourth-order valence-corrected chi connectivity index (χ4v) is 4.85. The van der Waals surface area contributed by atoms with Crippen molar-refractivity contribution in [2.24, 2.45) is 5.92 Å². The molecule has 1 aromatic heterocycles. The van der Waals surface area contributed by atoms with Gasteiger partial charge in [-0.25, -0.2) is 0 Å². The van der Waals surface area contributed by atoms with Crippen LogP contribution in [0.25, 0.3) is 0 Å². The van der Waals surface area contributed by atoms with Gasteiger partial charge in [-0.05, 0) is 69.8 Å². The predicted molar refractivity (Wildman–Crippen MR) is 133 cm³/mol. The van der Waals surface area contributed by atoms with E-state index in [1.165, 1.54) is 24.8 Å². The second-order valence-corrected chi connectivity index (χ2v) is 9.85. The number of nitrogens with zero attached hydrogens (tertiary/aromatic N) is 3. The highest BCUT2D eigenvalue weighted by atomic mass is 16.3. The Balaban J connectivity index is 1.42. The van der Waals surface area contributed by atoms with E-state index >= 15 is 0 Å². The van der Waals surface area contributed by atoms with Crippen LogP contribution in [0.1, 0.15) is 55.6 Å². The van der Waals surface area contributed by atoms with Gasteiger partial charge in [0, 0.05) is 25.6 Å². The van der Waals surface area contributed by atoms with Crippen LogP contribution in [0.15, 0.2) is 46.9 Å². The quantitative estimate of drug-likeness (QED) is 0.497. The number of amides is 2. The second kappa shape index (κ2) is 12.2. The first-order valence-electron chi connectivity index (χ1n) is 13.0. The van der Waals surface area contributed by atoms with Gasteiger partial charge in [0.15, 0.2) is 0 Å². The van der Waals surface area contributed by atoms with Crippen molar-refractivity contribution >= 4 is 11.8 Å². The summed E-state index contributed by atoms with van der Waals surface area (Å²) in [5.41, 5.74) is 1.20. The molecule has 0 radical (unpaired) electrons. The summed E-state index contributed by atoms with van der Waals surface area (Å²) in [6, 6.07) is 14.1. The van der Waals surface area contributed by atoms with Gasteiger partial charge >= 0.3 is 0 Å². The summed E-state index contributed by atoms with van der Waals surface area (Å²) in [5.74, 6) is 1.88. The van der Waals surface area contributed by atoms with Crippen LogP contribution >= 0.6 is 0 Å². The molecule has 6 heteroatoms. The van der Waals surface area contributed by atoms with E-state index in [9.17, 15) is 9.59 Å². The summed E-state index contributed by atoms with van der Waals surface area (Å²) < 4.78 is 5.78. The molecule has 2 heterocycles. The molecule has 6 nitrogen and oxygen atoms in total. The Morgan fingerprint density at radius 1 is 0.941 bits per heavy atom. The molecule has 0 N–H and O–H groups in total. The minimum Gasteiger partial charge on any atom is -0.464 e. The van der Waals surface area contributed by atoms with Crippen molar-refractivity contribution in [3.63, 3.8) is 0 Å². The summed E-state index contributed by atoms with van der Waals surface area (Å²) in [7, 11) is 0. The molecule has 0 bridgehead atoms. The number of furan rings is 1. The first-order chi connectivity index (χ1) is 16.6. The van der Waals surface area contributed by atoms with E-state index in [0.29, 0.717) is 19.6 Å². The van der Waals surface area contributed by atoms with Crippen LogP contribution in [0.3, 0.4) is 0 Å². The summed E-state index contributed by atoms with van der Waals surface area (Å²) in [6.07, 6.45) is 7.55. The highest BCUT2D eigenvalue weighted by molar-refractivity contribution is 5.86. The molecule has 2 amide bonds. The summed E-state index contributed by atoms with van der Waals surface area (Å²) in [6.45, 7) is 6.77. The van der Waals surface area contributed by atoms with Gasteiger partial charge in [0.05, 0.1) is 13.1 Å². The summed E-state index contributed by atoms with van der Waals surface area (Å²) in [5, 5.41) is 0. The Morgan fingerprint density at radius 2 is 1.71 bits per heavy atom. The first-order valence-corrected chi connectivity index (χ1v) is 13.0. The van der Waals surface area contributed by atoms with E-state index in [-0.39, 0.29) is 24.3 Å². The Morgan fingerprint density at radius 3 is 2.35 bits per heavy atom. The van der Waals surface area contributed by atoms with Crippen molar-refractivity contribution in [3.8, 4) is 0 Å². The predicted octanol–water partition coefficient (Wildman–Crippen LogP) is 4.27. The largest absolute Gasteiger partial charge is 0.464 e. The van der Waals surface area contributed by atoms with E-state index in [1.807, 2.05) is 47.1 Å². The summed E-state index contributed by atoms with van der Waals surface area (Å²) >= 11 is 0. The molecule has 0 spiro atoms. The van der Waals surface area contributed by atoms with Gasteiger partial charge in [-0.2, -0.15) is 0 Å². The molecular formula is C28H39N3O3. The molecule has 1 aliphatic carbocycles. The number of aryl methyl sites for hydroxylation is 1. The number of piperidine rings is 1.